The Morgan fingerprint density at radius 3 is 2.55 bits per heavy atom. The van der Waals surface area contributed by atoms with Crippen LogP contribution in [0.3, 0.4) is 0 Å². The van der Waals surface area contributed by atoms with Crippen LogP contribution in [-0.2, 0) is 14.8 Å². The molecule has 29 heavy (non-hydrogen) atoms. The second kappa shape index (κ2) is 10.3. The predicted molar refractivity (Wildman–Crippen MR) is 116 cm³/mol. The summed E-state index contributed by atoms with van der Waals surface area (Å²) in [6, 6.07) is 13.8. The van der Waals surface area contributed by atoms with E-state index in [4.69, 9.17) is 0 Å². The maximum absolute atomic E-state index is 12.4. The average Bonchev–Trinajstić information content (AvgIpc) is 3.43. The van der Waals surface area contributed by atoms with E-state index in [9.17, 15) is 13.2 Å². The van der Waals surface area contributed by atoms with Crippen molar-refractivity contribution in [2.45, 2.75) is 35.9 Å². The Morgan fingerprint density at radius 2 is 1.90 bits per heavy atom. The minimum Gasteiger partial charge on any atom is -0.354 e. The molecule has 0 saturated carbocycles. The number of hydrogen-bond donors (Lipinski definition) is 1. The zero-order valence-corrected chi connectivity index (χ0v) is 18.4. The highest BCUT2D eigenvalue weighted by atomic mass is 32.2. The van der Waals surface area contributed by atoms with Crippen molar-refractivity contribution in [2.75, 3.05) is 33.2 Å². The van der Waals surface area contributed by atoms with Gasteiger partial charge in [0.05, 0.1) is 6.04 Å². The number of benzene rings is 1. The largest absolute Gasteiger partial charge is 0.354 e. The van der Waals surface area contributed by atoms with E-state index in [1.165, 1.54) is 34.0 Å². The Kier molecular flexibility index (Phi) is 7.83. The Bertz CT molecular complexity index is 864. The van der Waals surface area contributed by atoms with Gasteiger partial charge >= 0.3 is 0 Å². The number of carbonyl (C=O) groups is 1. The van der Waals surface area contributed by atoms with Gasteiger partial charge in [-0.2, -0.15) is 0 Å². The zero-order valence-electron chi connectivity index (χ0n) is 16.8. The van der Waals surface area contributed by atoms with E-state index in [-0.39, 0.29) is 11.9 Å². The molecule has 1 unspecified atom stereocenters. The van der Waals surface area contributed by atoms with Gasteiger partial charge in [0.2, 0.25) is 5.91 Å². The molecule has 8 heteroatoms. The number of carbonyl (C=O) groups excluding carboxylic acids is 1. The summed E-state index contributed by atoms with van der Waals surface area (Å²) >= 11 is 1.21. The van der Waals surface area contributed by atoms with Crippen LogP contribution in [0.1, 0.15) is 37.3 Å². The van der Waals surface area contributed by atoms with Crippen LogP contribution < -0.4 is 5.32 Å². The van der Waals surface area contributed by atoms with Crippen LogP contribution in [0.15, 0.2) is 52.1 Å². The molecule has 1 aliphatic rings. The molecule has 1 saturated heterocycles. The van der Waals surface area contributed by atoms with Gasteiger partial charge in [-0.1, -0.05) is 36.4 Å². The summed E-state index contributed by atoms with van der Waals surface area (Å²) in [6.45, 7) is 3.01. The summed E-state index contributed by atoms with van der Waals surface area (Å²) in [5.74, 6) is -0.0351. The number of likely N-dealkylation sites (tertiary alicyclic amines) is 1. The summed E-state index contributed by atoms with van der Waals surface area (Å²) in [5.41, 5.74) is 1.22. The van der Waals surface area contributed by atoms with Crippen molar-refractivity contribution in [3.63, 3.8) is 0 Å². The van der Waals surface area contributed by atoms with Gasteiger partial charge in [0.1, 0.15) is 4.21 Å². The first-order valence-corrected chi connectivity index (χ1v) is 12.4. The Labute approximate surface area is 177 Å². The van der Waals surface area contributed by atoms with E-state index >= 15 is 0 Å². The molecule has 1 fully saturated rings. The van der Waals surface area contributed by atoms with Gasteiger partial charge in [0, 0.05) is 26.6 Å². The molecule has 2 heterocycles. The number of amides is 1. The number of rotatable bonds is 10. The lowest BCUT2D eigenvalue weighted by Crippen LogP contribution is -2.37. The van der Waals surface area contributed by atoms with Gasteiger partial charge in [0.25, 0.3) is 10.0 Å². The second-order valence-corrected chi connectivity index (χ2v) is 10.6. The summed E-state index contributed by atoms with van der Waals surface area (Å²) in [4.78, 5) is 14.8. The molecule has 1 amide bonds. The molecule has 158 valence electrons. The highest BCUT2D eigenvalue weighted by molar-refractivity contribution is 7.91. The van der Waals surface area contributed by atoms with E-state index in [0.717, 1.165) is 13.1 Å². The summed E-state index contributed by atoms with van der Waals surface area (Å²) in [7, 11) is -1.89. The molecule has 0 radical (unpaired) electrons. The molecular weight excluding hydrogens is 406 g/mol. The second-order valence-electron chi connectivity index (χ2n) is 7.34. The molecule has 1 aromatic heterocycles. The van der Waals surface area contributed by atoms with Crippen molar-refractivity contribution in [2.24, 2.45) is 0 Å². The number of hydrogen-bond acceptors (Lipinski definition) is 5. The number of sulfonamides is 1. The molecule has 0 bridgehead atoms. The SMILES string of the molecule is CN(CCCC(=O)NCC(c1ccccc1)N1CCCC1)S(=O)(=O)c1cccs1. The van der Waals surface area contributed by atoms with E-state index < -0.39 is 10.0 Å². The summed E-state index contributed by atoms with van der Waals surface area (Å²) < 4.78 is 26.5. The topological polar surface area (TPSA) is 69.7 Å². The maximum atomic E-state index is 12.4. The van der Waals surface area contributed by atoms with Crippen LogP contribution in [0.25, 0.3) is 0 Å². The van der Waals surface area contributed by atoms with Crippen LogP contribution >= 0.6 is 11.3 Å². The van der Waals surface area contributed by atoms with Gasteiger partial charge in [-0.3, -0.25) is 9.69 Å². The molecule has 1 aromatic carbocycles. The summed E-state index contributed by atoms with van der Waals surface area (Å²) in [6.07, 6.45) is 3.20. The van der Waals surface area contributed by atoms with E-state index in [1.54, 1.807) is 24.6 Å². The van der Waals surface area contributed by atoms with Crippen molar-refractivity contribution in [1.29, 1.82) is 0 Å². The smallest absolute Gasteiger partial charge is 0.252 e. The van der Waals surface area contributed by atoms with Crippen LogP contribution in [0.5, 0.6) is 0 Å². The highest BCUT2D eigenvalue weighted by Gasteiger charge is 2.24. The van der Waals surface area contributed by atoms with Gasteiger partial charge in [-0.25, -0.2) is 12.7 Å². The molecule has 1 atom stereocenters. The minimum atomic E-state index is -3.45. The van der Waals surface area contributed by atoms with Crippen molar-refractivity contribution in [3.8, 4) is 0 Å². The normalized spacial score (nSPS) is 16.2. The first-order chi connectivity index (χ1) is 14.0. The fourth-order valence-corrected chi connectivity index (χ4v) is 6.04. The minimum absolute atomic E-state index is 0.0351. The molecular formula is C21H29N3O3S2. The quantitative estimate of drug-likeness (QED) is 0.623. The Hall–Kier alpha value is -1.74. The molecule has 1 aliphatic heterocycles. The lowest BCUT2D eigenvalue weighted by molar-refractivity contribution is -0.121. The molecule has 3 rings (SSSR count). The lowest BCUT2D eigenvalue weighted by atomic mass is 10.1. The third-order valence-electron chi connectivity index (χ3n) is 5.29. The van der Waals surface area contributed by atoms with Gasteiger partial charge < -0.3 is 5.32 Å². The van der Waals surface area contributed by atoms with Crippen molar-refractivity contribution in [1.82, 2.24) is 14.5 Å². The highest BCUT2D eigenvalue weighted by Crippen LogP contribution is 2.24. The zero-order chi connectivity index (χ0) is 20.7. The van der Waals surface area contributed by atoms with Crippen molar-refractivity contribution >= 4 is 27.3 Å². The average molecular weight is 436 g/mol. The predicted octanol–water partition coefficient (Wildman–Crippen LogP) is 3.10. The third-order valence-corrected chi connectivity index (χ3v) is 8.52. The van der Waals surface area contributed by atoms with Gasteiger partial charge in [0.15, 0.2) is 0 Å². The van der Waals surface area contributed by atoms with Crippen molar-refractivity contribution in [3.05, 3.63) is 53.4 Å². The molecule has 1 N–H and O–H groups in total. The Morgan fingerprint density at radius 1 is 1.17 bits per heavy atom. The fourth-order valence-electron chi connectivity index (χ4n) is 3.63. The Balaban J connectivity index is 1.47. The first-order valence-electron chi connectivity index (χ1n) is 10.0. The van der Waals surface area contributed by atoms with Crippen LogP contribution in [-0.4, -0.2) is 56.8 Å². The molecule has 2 aromatic rings. The van der Waals surface area contributed by atoms with E-state index in [2.05, 4.69) is 22.3 Å². The molecule has 0 spiro atoms. The molecule has 0 aliphatic carbocycles. The fraction of sp³-hybridized carbons (Fsp3) is 0.476. The monoisotopic (exact) mass is 435 g/mol. The standard InChI is InChI=1S/C21H29N3O3S2/c1-23(29(26,27)21-12-8-16-28-21)13-7-11-20(25)22-17-19(24-14-5-6-15-24)18-9-3-2-4-10-18/h2-4,8-10,12,16,19H,5-7,11,13-15,17H2,1H3,(H,22,25). The molecule has 6 nitrogen and oxygen atoms in total. The van der Waals surface area contributed by atoms with E-state index in [1.807, 2.05) is 18.2 Å². The first kappa shape index (κ1) is 22.0. The van der Waals surface area contributed by atoms with Crippen LogP contribution in [0.2, 0.25) is 0 Å². The number of nitrogens with one attached hydrogen (secondary N) is 1. The van der Waals surface area contributed by atoms with Gasteiger partial charge in [-0.05, 0) is 49.4 Å². The van der Waals surface area contributed by atoms with Gasteiger partial charge in [-0.15, -0.1) is 11.3 Å². The van der Waals surface area contributed by atoms with Crippen LogP contribution in [0.4, 0.5) is 0 Å². The lowest BCUT2D eigenvalue weighted by Gasteiger charge is -2.28. The number of thiophene rings is 1. The van der Waals surface area contributed by atoms with E-state index in [0.29, 0.717) is 30.1 Å². The maximum Gasteiger partial charge on any atom is 0.252 e. The summed E-state index contributed by atoms with van der Waals surface area (Å²) in [5, 5.41) is 4.80. The van der Waals surface area contributed by atoms with Crippen LogP contribution in [0, 0.1) is 0 Å². The number of nitrogens with zero attached hydrogens (tertiary/aromatic N) is 2. The third kappa shape index (κ3) is 5.88. The van der Waals surface area contributed by atoms with Crippen molar-refractivity contribution < 1.29 is 13.2 Å².